The van der Waals surface area contributed by atoms with Crippen LogP contribution in [0.3, 0.4) is 0 Å². The average molecular weight is 512 g/mol. The van der Waals surface area contributed by atoms with E-state index in [0.717, 1.165) is 42.8 Å². The van der Waals surface area contributed by atoms with Crippen LogP contribution in [-0.2, 0) is 23.9 Å². The van der Waals surface area contributed by atoms with E-state index in [1.165, 1.54) is 17.0 Å². The molecular formula is C28H28F3N3O3. The highest BCUT2D eigenvalue weighted by Gasteiger charge is 2.30. The second kappa shape index (κ2) is 11.0. The molecule has 0 saturated carbocycles. The first kappa shape index (κ1) is 26.2. The molecule has 3 aromatic carbocycles. The lowest BCUT2D eigenvalue weighted by atomic mass is 9.97. The first-order valence-corrected chi connectivity index (χ1v) is 11.9. The molecule has 4 rings (SSSR count). The van der Waals surface area contributed by atoms with Crippen molar-refractivity contribution in [3.63, 3.8) is 0 Å². The predicted molar refractivity (Wildman–Crippen MR) is 135 cm³/mol. The highest BCUT2D eigenvalue weighted by molar-refractivity contribution is 6.08. The predicted octanol–water partition coefficient (Wildman–Crippen LogP) is 5.68. The van der Waals surface area contributed by atoms with Gasteiger partial charge in [0.1, 0.15) is 6.61 Å². The first-order chi connectivity index (χ1) is 17.6. The number of carbonyl (C=O) groups is 2. The van der Waals surface area contributed by atoms with Crippen molar-refractivity contribution in [3.8, 4) is 11.1 Å². The fourth-order valence-electron chi connectivity index (χ4n) is 4.24. The zero-order valence-electron chi connectivity index (χ0n) is 20.6. The Labute approximate surface area is 213 Å². The van der Waals surface area contributed by atoms with E-state index in [2.05, 4.69) is 10.2 Å². The number of amides is 2. The Kier molecular flexibility index (Phi) is 7.83. The molecule has 0 aliphatic carbocycles. The standard InChI is InChI=1S/C28H28F3N3O3/c1-33(2)27(36)37-16-15-34-14-13-20-17-23(12-9-21(20)18-34)32-26(35)25-6-4-3-5-24(25)19-7-10-22(11-8-19)28(29,30)31/h3-12,17H,13-16,18H2,1-2H3,(H,32,35). The molecule has 2 amide bonds. The van der Waals surface area contributed by atoms with E-state index in [9.17, 15) is 22.8 Å². The van der Waals surface area contributed by atoms with Crippen LogP contribution in [0, 0.1) is 0 Å². The number of hydrogen-bond acceptors (Lipinski definition) is 4. The summed E-state index contributed by atoms with van der Waals surface area (Å²) in [5.74, 6) is -0.337. The van der Waals surface area contributed by atoms with Gasteiger partial charge in [0, 0.05) is 45.0 Å². The number of fused-ring (bicyclic) bond motifs is 1. The van der Waals surface area contributed by atoms with Crippen LogP contribution in [0.25, 0.3) is 11.1 Å². The van der Waals surface area contributed by atoms with E-state index in [-0.39, 0.29) is 12.0 Å². The highest BCUT2D eigenvalue weighted by atomic mass is 19.4. The first-order valence-electron chi connectivity index (χ1n) is 11.9. The molecule has 0 saturated heterocycles. The summed E-state index contributed by atoms with van der Waals surface area (Å²) in [6.07, 6.45) is -3.99. The van der Waals surface area contributed by atoms with E-state index in [0.29, 0.717) is 35.5 Å². The molecule has 3 aromatic rings. The number of alkyl halides is 3. The van der Waals surface area contributed by atoms with Gasteiger partial charge in [-0.1, -0.05) is 36.4 Å². The molecule has 6 nitrogen and oxygen atoms in total. The molecule has 0 aromatic heterocycles. The zero-order valence-corrected chi connectivity index (χ0v) is 20.6. The van der Waals surface area contributed by atoms with Crippen LogP contribution in [0.15, 0.2) is 66.7 Å². The number of nitrogens with zero attached hydrogens (tertiary/aromatic N) is 2. The number of hydrogen-bond donors (Lipinski definition) is 1. The van der Waals surface area contributed by atoms with Gasteiger partial charge in [-0.3, -0.25) is 9.69 Å². The van der Waals surface area contributed by atoms with Gasteiger partial charge in [-0.2, -0.15) is 13.2 Å². The van der Waals surface area contributed by atoms with E-state index >= 15 is 0 Å². The SMILES string of the molecule is CN(C)C(=O)OCCN1CCc2cc(NC(=O)c3ccccc3-c3ccc(C(F)(F)F)cc3)ccc2C1. The monoisotopic (exact) mass is 511 g/mol. The summed E-state index contributed by atoms with van der Waals surface area (Å²) >= 11 is 0. The molecule has 0 bridgehead atoms. The minimum Gasteiger partial charge on any atom is -0.448 e. The summed E-state index contributed by atoms with van der Waals surface area (Å²) in [5.41, 5.74) is 3.65. The molecule has 0 unspecified atom stereocenters. The minimum absolute atomic E-state index is 0.318. The number of halogens is 3. The van der Waals surface area contributed by atoms with Crippen LogP contribution < -0.4 is 5.32 Å². The van der Waals surface area contributed by atoms with Crippen molar-refractivity contribution < 1.29 is 27.5 Å². The summed E-state index contributed by atoms with van der Waals surface area (Å²) in [7, 11) is 3.28. The molecule has 194 valence electrons. The van der Waals surface area contributed by atoms with Crippen LogP contribution in [0.2, 0.25) is 0 Å². The van der Waals surface area contributed by atoms with Crippen molar-refractivity contribution in [1.29, 1.82) is 0 Å². The maximum Gasteiger partial charge on any atom is 0.416 e. The molecular weight excluding hydrogens is 483 g/mol. The summed E-state index contributed by atoms with van der Waals surface area (Å²) in [5, 5.41) is 2.93. The van der Waals surface area contributed by atoms with Crippen molar-refractivity contribution in [2.45, 2.75) is 19.1 Å². The van der Waals surface area contributed by atoms with Gasteiger partial charge in [-0.05, 0) is 59.0 Å². The Morgan fingerprint density at radius 3 is 2.43 bits per heavy atom. The van der Waals surface area contributed by atoms with Crippen LogP contribution >= 0.6 is 0 Å². The zero-order chi connectivity index (χ0) is 26.6. The maximum atomic E-state index is 13.1. The molecule has 1 N–H and O–H groups in total. The molecule has 0 atom stereocenters. The highest BCUT2D eigenvalue weighted by Crippen LogP contribution is 2.32. The molecule has 0 spiro atoms. The minimum atomic E-state index is -4.42. The van der Waals surface area contributed by atoms with E-state index in [1.807, 2.05) is 18.2 Å². The Balaban J connectivity index is 1.42. The van der Waals surface area contributed by atoms with Gasteiger partial charge < -0.3 is 15.0 Å². The lowest BCUT2D eigenvalue weighted by Crippen LogP contribution is -2.34. The normalized spacial score (nSPS) is 13.5. The smallest absolute Gasteiger partial charge is 0.416 e. The number of rotatable bonds is 6. The Morgan fingerprint density at radius 2 is 1.73 bits per heavy atom. The Morgan fingerprint density at radius 1 is 1.00 bits per heavy atom. The Bertz CT molecular complexity index is 1270. The summed E-state index contributed by atoms with van der Waals surface area (Å²) in [6, 6.07) is 17.4. The van der Waals surface area contributed by atoms with Gasteiger partial charge in [-0.15, -0.1) is 0 Å². The van der Waals surface area contributed by atoms with E-state index in [1.54, 1.807) is 38.4 Å². The van der Waals surface area contributed by atoms with Gasteiger partial charge in [0.05, 0.1) is 5.56 Å². The van der Waals surface area contributed by atoms with Crippen molar-refractivity contribution in [3.05, 3.63) is 89.0 Å². The second-order valence-corrected chi connectivity index (χ2v) is 9.09. The number of ether oxygens (including phenoxy) is 1. The van der Waals surface area contributed by atoms with Crippen molar-refractivity contribution in [2.24, 2.45) is 0 Å². The molecule has 9 heteroatoms. The largest absolute Gasteiger partial charge is 0.448 e. The summed E-state index contributed by atoms with van der Waals surface area (Å²) < 4.78 is 44.0. The van der Waals surface area contributed by atoms with E-state index in [4.69, 9.17) is 4.74 Å². The van der Waals surface area contributed by atoms with Gasteiger partial charge >= 0.3 is 12.3 Å². The number of anilines is 1. The molecule has 1 aliphatic rings. The van der Waals surface area contributed by atoms with Crippen molar-refractivity contribution in [2.75, 3.05) is 39.1 Å². The van der Waals surface area contributed by atoms with Gasteiger partial charge in [0.15, 0.2) is 0 Å². The third kappa shape index (κ3) is 6.48. The van der Waals surface area contributed by atoms with Crippen LogP contribution in [0.5, 0.6) is 0 Å². The second-order valence-electron chi connectivity index (χ2n) is 9.09. The molecule has 37 heavy (non-hydrogen) atoms. The Hall–Kier alpha value is -3.85. The summed E-state index contributed by atoms with van der Waals surface area (Å²) in [4.78, 5) is 28.3. The fraction of sp³-hybridized carbons (Fsp3) is 0.286. The van der Waals surface area contributed by atoms with Crippen molar-refractivity contribution >= 4 is 17.7 Å². The number of benzene rings is 3. The van der Waals surface area contributed by atoms with Crippen LogP contribution in [-0.4, -0.2) is 55.6 Å². The summed E-state index contributed by atoms with van der Waals surface area (Å²) in [6.45, 7) is 2.48. The quantitative estimate of drug-likeness (QED) is 0.463. The molecule has 0 radical (unpaired) electrons. The van der Waals surface area contributed by atoms with Crippen LogP contribution in [0.4, 0.5) is 23.7 Å². The van der Waals surface area contributed by atoms with Crippen molar-refractivity contribution in [1.82, 2.24) is 9.80 Å². The van der Waals surface area contributed by atoms with Gasteiger partial charge in [0.25, 0.3) is 5.91 Å². The topological polar surface area (TPSA) is 61.9 Å². The maximum absolute atomic E-state index is 13.1. The van der Waals surface area contributed by atoms with Crippen LogP contribution in [0.1, 0.15) is 27.0 Å². The van der Waals surface area contributed by atoms with Gasteiger partial charge in [-0.25, -0.2) is 4.79 Å². The fourth-order valence-corrected chi connectivity index (χ4v) is 4.24. The number of carbonyl (C=O) groups excluding carboxylic acids is 2. The van der Waals surface area contributed by atoms with E-state index < -0.39 is 11.7 Å². The molecule has 1 aliphatic heterocycles. The average Bonchev–Trinajstić information content (AvgIpc) is 2.88. The lowest BCUT2D eigenvalue weighted by Gasteiger charge is -2.29. The third-order valence-electron chi connectivity index (χ3n) is 6.25. The van der Waals surface area contributed by atoms with Gasteiger partial charge in [0.2, 0.25) is 0 Å². The molecule has 1 heterocycles. The third-order valence-corrected chi connectivity index (χ3v) is 6.25. The lowest BCUT2D eigenvalue weighted by molar-refractivity contribution is -0.137. The number of nitrogens with one attached hydrogen (secondary N) is 1. The molecule has 0 fully saturated rings.